The van der Waals surface area contributed by atoms with E-state index >= 15 is 0 Å². The number of hydrogen-bond acceptors (Lipinski definition) is 1. The molecule has 4 aliphatic rings. The van der Waals surface area contributed by atoms with E-state index in [9.17, 15) is 4.79 Å². The highest BCUT2D eigenvalue weighted by molar-refractivity contribution is 6.01. The van der Waals surface area contributed by atoms with Crippen LogP contribution in [0.4, 0.5) is 0 Å². The molecule has 0 amide bonds. The van der Waals surface area contributed by atoms with E-state index in [1.165, 1.54) is 50.5 Å². The summed E-state index contributed by atoms with van der Waals surface area (Å²) in [5, 5.41) is 0. The Morgan fingerprint density at radius 3 is 2.27 bits per heavy atom. The van der Waals surface area contributed by atoms with Crippen LogP contribution in [0.2, 0.25) is 0 Å². The molecule has 0 N–H and O–H groups in total. The van der Waals surface area contributed by atoms with Crippen LogP contribution in [0.25, 0.3) is 0 Å². The average Bonchev–Trinajstić information content (AvgIpc) is 2.96. The summed E-state index contributed by atoms with van der Waals surface area (Å²) in [5.41, 5.74) is 2.97. The van der Waals surface area contributed by atoms with Gasteiger partial charge in [0.25, 0.3) is 0 Å². The molecule has 80 valence electrons. The van der Waals surface area contributed by atoms with Gasteiger partial charge >= 0.3 is 0 Å². The van der Waals surface area contributed by atoms with Crippen LogP contribution in [0, 0.1) is 23.7 Å². The summed E-state index contributed by atoms with van der Waals surface area (Å²) in [6, 6.07) is 0. The van der Waals surface area contributed by atoms with E-state index in [0.29, 0.717) is 17.6 Å². The third kappa shape index (κ3) is 1.02. The smallest absolute Gasteiger partial charge is 0.162 e. The Morgan fingerprint density at radius 2 is 1.67 bits per heavy atom. The molecular weight excluding hydrogens is 184 g/mol. The highest BCUT2D eigenvalue weighted by atomic mass is 16.1. The van der Waals surface area contributed by atoms with E-state index in [4.69, 9.17) is 0 Å². The molecule has 4 rings (SSSR count). The fourth-order valence-electron chi connectivity index (χ4n) is 4.71. The van der Waals surface area contributed by atoms with Crippen LogP contribution in [0.5, 0.6) is 0 Å². The lowest BCUT2D eigenvalue weighted by Gasteiger charge is -2.21. The van der Waals surface area contributed by atoms with Gasteiger partial charge in [-0.1, -0.05) is 5.57 Å². The third-order valence-electron chi connectivity index (χ3n) is 5.37. The quantitative estimate of drug-likeness (QED) is 0.552. The van der Waals surface area contributed by atoms with Crippen LogP contribution in [0.3, 0.4) is 0 Å². The van der Waals surface area contributed by atoms with Gasteiger partial charge in [-0.2, -0.15) is 0 Å². The molecule has 4 fully saturated rings. The van der Waals surface area contributed by atoms with Crippen LogP contribution < -0.4 is 0 Å². The number of Topliss-reactive ketones (excluding diaryl/α,β-unsaturated/α-hetero) is 1. The van der Waals surface area contributed by atoms with E-state index in [2.05, 4.69) is 0 Å². The number of ketones is 1. The molecule has 0 radical (unpaired) electrons. The molecule has 15 heavy (non-hydrogen) atoms. The molecular formula is C14H18O. The first-order valence-electron chi connectivity index (χ1n) is 6.60. The van der Waals surface area contributed by atoms with Gasteiger partial charge in [-0.25, -0.2) is 0 Å². The normalized spacial score (nSPS) is 52.1. The molecule has 0 aromatic heterocycles. The largest absolute Gasteiger partial charge is 0.294 e. The highest BCUT2D eigenvalue weighted by Gasteiger charge is 2.47. The number of carbonyl (C=O) groups excluding carboxylic acids is 1. The SMILES string of the molecule is O=C1/C(=C2/C[C@@H]3CC[C@H]2C3)[C@H]2CC[C@@H]1C2. The topological polar surface area (TPSA) is 17.1 Å². The maximum atomic E-state index is 12.2. The molecule has 4 aliphatic carbocycles. The zero-order chi connectivity index (χ0) is 9.99. The predicted molar refractivity (Wildman–Crippen MR) is 58.3 cm³/mol. The fraction of sp³-hybridized carbons (Fsp3) is 0.786. The molecule has 4 atom stereocenters. The van der Waals surface area contributed by atoms with E-state index < -0.39 is 0 Å². The second kappa shape index (κ2) is 2.75. The van der Waals surface area contributed by atoms with Gasteiger partial charge in [0.1, 0.15) is 0 Å². The van der Waals surface area contributed by atoms with Crippen LogP contribution in [0.15, 0.2) is 11.1 Å². The summed E-state index contributed by atoms with van der Waals surface area (Å²) >= 11 is 0. The van der Waals surface area contributed by atoms with Crippen molar-refractivity contribution in [1.82, 2.24) is 0 Å². The molecule has 0 unspecified atom stereocenters. The highest BCUT2D eigenvalue weighted by Crippen LogP contribution is 2.55. The second-order valence-corrected chi connectivity index (χ2v) is 6.09. The minimum absolute atomic E-state index is 0.441. The van der Waals surface area contributed by atoms with Crippen LogP contribution in [-0.2, 0) is 4.79 Å². The summed E-state index contributed by atoms with van der Waals surface area (Å²) < 4.78 is 0. The first-order chi connectivity index (χ1) is 7.33. The lowest BCUT2D eigenvalue weighted by atomic mass is 9.83. The van der Waals surface area contributed by atoms with Crippen molar-refractivity contribution >= 4 is 5.78 Å². The van der Waals surface area contributed by atoms with Gasteiger partial charge in [-0.05, 0) is 68.3 Å². The van der Waals surface area contributed by atoms with E-state index in [0.717, 1.165) is 11.8 Å². The van der Waals surface area contributed by atoms with Gasteiger partial charge in [0.05, 0.1) is 0 Å². The maximum absolute atomic E-state index is 12.2. The third-order valence-corrected chi connectivity index (χ3v) is 5.37. The summed E-state index contributed by atoms with van der Waals surface area (Å²) in [7, 11) is 0. The molecule has 0 heterocycles. The van der Waals surface area contributed by atoms with Crippen molar-refractivity contribution in [2.24, 2.45) is 23.7 Å². The minimum atomic E-state index is 0.441. The number of carbonyl (C=O) groups is 1. The van der Waals surface area contributed by atoms with E-state index in [1.54, 1.807) is 5.57 Å². The first kappa shape index (κ1) is 8.55. The molecule has 0 aromatic rings. The average molecular weight is 202 g/mol. The Morgan fingerprint density at radius 1 is 0.867 bits per heavy atom. The van der Waals surface area contributed by atoms with Gasteiger partial charge in [0.2, 0.25) is 0 Å². The molecule has 0 aromatic carbocycles. The van der Waals surface area contributed by atoms with Gasteiger partial charge in [0.15, 0.2) is 5.78 Å². The van der Waals surface area contributed by atoms with Crippen molar-refractivity contribution in [1.29, 1.82) is 0 Å². The Kier molecular flexibility index (Phi) is 1.57. The monoisotopic (exact) mass is 202 g/mol. The van der Waals surface area contributed by atoms with Crippen LogP contribution >= 0.6 is 0 Å². The Labute approximate surface area is 90.9 Å². The lowest BCUT2D eigenvalue weighted by molar-refractivity contribution is -0.118. The second-order valence-electron chi connectivity index (χ2n) is 6.09. The fourth-order valence-corrected chi connectivity index (χ4v) is 4.71. The van der Waals surface area contributed by atoms with Gasteiger partial charge in [0, 0.05) is 5.92 Å². The van der Waals surface area contributed by atoms with Crippen LogP contribution in [0.1, 0.15) is 44.9 Å². The summed E-state index contributed by atoms with van der Waals surface area (Å²) in [5.74, 6) is 3.47. The Balaban J connectivity index is 1.77. The number of hydrogen-bond donors (Lipinski definition) is 0. The van der Waals surface area contributed by atoms with Crippen LogP contribution in [-0.4, -0.2) is 5.78 Å². The Hall–Kier alpha value is -0.590. The predicted octanol–water partition coefficient (Wildman–Crippen LogP) is 3.10. The standard InChI is InChI=1S/C14H18O/c15-14-11-4-3-10(7-11)13(14)12-6-8-1-2-9(12)5-8/h8-11H,1-7H2/b13-12-/t8-,9+,10+,11-/m1/s1. The van der Waals surface area contributed by atoms with Crippen molar-refractivity contribution in [3.05, 3.63) is 11.1 Å². The zero-order valence-electron chi connectivity index (χ0n) is 9.17. The summed E-state index contributed by atoms with van der Waals surface area (Å²) in [6.07, 6.45) is 9.21. The van der Waals surface area contributed by atoms with Crippen molar-refractivity contribution in [3.8, 4) is 0 Å². The molecule has 0 aliphatic heterocycles. The van der Waals surface area contributed by atoms with Crippen molar-refractivity contribution in [2.45, 2.75) is 44.9 Å². The van der Waals surface area contributed by atoms with Crippen molar-refractivity contribution < 1.29 is 4.79 Å². The number of allylic oxidation sites excluding steroid dienone is 2. The molecule has 1 heteroatoms. The molecule has 4 saturated carbocycles. The van der Waals surface area contributed by atoms with Gasteiger partial charge in [-0.15, -0.1) is 0 Å². The van der Waals surface area contributed by atoms with E-state index in [1.807, 2.05) is 0 Å². The molecule has 4 bridgehead atoms. The first-order valence-corrected chi connectivity index (χ1v) is 6.60. The molecule has 0 saturated heterocycles. The molecule has 0 spiro atoms. The zero-order valence-corrected chi connectivity index (χ0v) is 9.17. The van der Waals surface area contributed by atoms with Gasteiger partial charge < -0.3 is 0 Å². The van der Waals surface area contributed by atoms with Gasteiger partial charge in [-0.3, -0.25) is 4.79 Å². The molecule has 1 nitrogen and oxygen atoms in total. The summed E-state index contributed by atoms with van der Waals surface area (Å²) in [6.45, 7) is 0. The van der Waals surface area contributed by atoms with Crippen molar-refractivity contribution in [2.75, 3.05) is 0 Å². The van der Waals surface area contributed by atoms with Crippen molar-refractivity contribution in [3.63, 3.8) is 0 Å². The Bertz CT molecular complexity index is 366. The number of rotatable bonds is 0. The van der Waals surface area contributed by atoms with E-state index in [-0.39, 0.29) is 0 Å². The minimum Gasteiger partial charge on any atom is -0.294 e. The maximum Gasteiger partial charge on any atom is 0.162 e. The lowest BCUT2D eigenvalue weighted by Crippen LogP contribution is -2.16. The summed E-state index contributed by atoms with van der Waals surface area (Å²) in [4.78, 5) is 12.2. The number of fused-ring (bicyclic) bond motifs is 4.